The molecule has 0 aromatic heterocycles. The minimum atomic E-state index is -0.858. The molecule has 2 atom stereocenters. The smallest absolute Gasteiger partial charge is 0.303 e. The van der Waals surface area contributed by atoms with Gasteiger partial charge in [0.25, 0.3) is 0 Å². The number of amides is 1. The molecule has 92 valence electrons. The summed E-state index contributed by atoms with van der Waals surface area (Å²) in [5, 5.41) is 11.3. The molecule has 1 amide bonds. The van der Waals surface area contributed by atoms with Gasteiger partial charge in [-0.2, -0.15) is 0 Å². The van der Waals surface area contributed by atoms with E-state index in [4.69, 9.17) is 9.84 Å². The molecule has 0 radical (unpaired) electrons. The molecule has 2 N–H and O–H groups in total. The first kappa shape index (κ1) is 13.0. The summed E-state index contributed by atoms with van der Waals surface area (Å²) in [6.45, 7) is 0. The quantitative estimate of drug-likeness (QED) is 0.710. The van der Waals surface area contributed by atoms with Crippen LogP contribution in [0.5, 0.6) is 0 Å². The van der Waals surface area contributed by atoms with Gasteiger partial charge in [-0.1, -0.05) is 0 Å². The Bertz CT molecular complexity index is 254. The zero-order valence-electron chi connectivity index (χ0n) is 9.57. The number of carboxylic acid groups (broad SMARTS) is 1. The van der Waals surface area contributed by atoms with E-state index in [1.807, 2.05) is 0 Å². The second-order valence-corrected chi connectivity index (χ2v) is 4.13. The normalized spacial score (nSPS) is 24.3. The van der Waals surface area contributed by atoms with Crippen LogP contribution in [0.3, 0.4) is 0 Å². The van der Waals surface area contributed by atoms with E-state index < -0.39 is 5.97 Å². The Kier molecular flexibility index (Phi) is 5.25. The number of methoxy groups -OCH3 is 1. The van der Waals surface area contributed by atoms with Crippen molar-refractivity contribution in [3.05, 3.63) is 0 Å². The first-order valence-corrected chi connectivity index (χ1v) is 5.67. The van der Waals surface area contributed by atoms with Crippen molar-refractivity contribution in [2.75, 3.05) is 7.11 Å². The monoisotopic (exact) mass is 229 g/mol. The molecule has 1 aliphatic carbocycles. The zero-order chi connectivity index (χ0) is 12.0. The summed E-state index contributed by atoms with van der Waals surface area (Å²) < 4.78 is 5.26. The lowest BCUT2D eigenvalue weighted by Gasteiger charge is -2.19. The SMILES string of the molecule is COC1CCCC1NC(=O)CCCC(=O)O. The maximum atomic E-state index is 11.5. The number of aliphatic carboxylic acids is 1. The molecule has 0 aromatic rings. The molecular weight excluding hydrogens is 210 g/mol. The van der Waals surface area contributed by atoms with Crippen LogP contribution in [0.4, 0.5) is 0 Å². The molecule has 2 unspecified atom stereocenters. The van der Waals surface area contributed by atoms with Crippen LogP contribution in [0.2, 0.25) is 0 Å². The molecule has 1 fully saturated rings. The third-order valence-corrected chi connectivity index (χ3v) is 2.90. The van der Waals surface area contributed by atoms with Gasteiger partial charge in [0.1, 0.15) is 0 Å². The number of carbonyl (C=O) groups is 2. The molecule has 1 saturated carbocycles. The van der Waals surface area contributed by atoms with Gasteiger partial charge < -0.3 is 15.2 Å². The molecular formula is C11H19NO4. The van der Waals surface area contributed by atoms with Gasteiger partial charge in [0.2, 0.25) is 5.91 Å². The fraction of sp³-hybridized carbons (Fsp3) is 0.818. The lowest BCUT2D eigenvalue weighted by Crippen LogP contribution is -2.40. The highest BCUT2D eigenvalue weighted by atomic mass is 16.5. The van der Waals surface area contributed by atoms with E-state index in [0.717, 1.165) is 19.3 Å². The van der Waals surface area contributed by atoms with E-state index in [1.165, 1.54) is 0 Å². The van der Waals surface area contributed by atoms with Crippen molar-refractivity contribution < 1.29 is 19.4 Å². The van der Waals surface area contributed by atoms with Crippen LogP contribution in [0.15, 0.2) is 0 Å². The van der Waals surface area contributed by atoms with Crippen molar-refractivity contribution >= 4 is 11.9 Å². The molecule has 0 bridgehead atoms. The Morgan fingerprint density at radius 3 is 2.75 bits per heavy atom. The summed E-state index contributed by atoms with van der Waals surface area (Å²) in [7, 11) is 1.65. The van der Waals surface area contributed by atoms with Gasteiger partial charge in [0, 0.05) is 20.0 Å². The fourth-order valence-corrected chi connectivity index (χ4v) is 2.05. The summed E-state index contributed by atoms with van der Waals surface area (Å²) in [6.07, 6.45) is 3.83. The maximum Gasteiger partial charge on any atom is 0.303 e. The van der Waals surface area contributed by atoms with E-state index in [9.17, 15) is 9.59 Å². The second-order valence-electron chi connectivity index (χ2n) is 4.13. The fourth-order valence-electron chi connectivity index (χ4n) is 2.05. The van der Waals surface area contributed by atoms with Crippen LogP contribution >= 0.6 is 0 Å². The lowest BCUT2D eigenvalue weighted by atomic mass is 10.2. The van der Waals surface area contributed by atoms with Gasteiger partial charge in [0.15, 0.2) is 0 Å². The average molecular weight is 229 g/mol. The summed E-state index contributed by atoms with van der Waals surface area (Å²) in [6, 6.07) is 0.0994. The molecule has 0 aromatic carbocycles. The van der Waals surface area contributed by atoms with E-state index in [0.29, 0.717) is 6.42 Å². The Hall–Kier alpha value is -1.10. The molecule has 0 spiro atoms. The third-order valence-electron chi connectivity index (χ3n) is 2.90. The minimum absolute atomic E-state index is 0.0474. The lowest BCUT2D eigenvalue weighted by molar-refractivity contribution is -0.137. The highest BCUT2D eigenvalue weighted by Gasteiger charge is 2.27. The van der Waals surface area contributed by atoms with Crippen LogP contribution < -0.4 is 5.32 Å². The highest BCUT2D eigenvalue weighted by Crippen LogP contribution is 2.21. The topological polar surface area (TPSA) is 75.6 Å². The van der Waals surface area contributed by atoms with Crippen LogP contribution in [-0.4, -0.2) is 36.2 Å². The van der Waals surface area contributed by atoms with Gasteiger partial charge in [0.05, 0.1) is 12.1 Å². The Labute approximate surface area is 95.2 Å². The van der Waals surface area contributed by atoms with Crippen LogP contribution in [0, 0.1) is 0 Å². The molecule has 0 heterocycles. The summed E-state index contributed by atoms with van der Waals surface area (Å²) in [5.41, 5.74) is 0. The highest BCUT2D eigenvalue weighted by molar-refractivity contribution is 5.77. The number of nitrogens with one attached hydrogen (secondary N) is 1. The summed E-state index contributed by atoms with van der Waals surface area (Å²) in [5.74, 6) is -0.932. The number of ether oxygens (including phenoxy) is 1. The summed E-state index contributed by atoms with van der Waals surface area (Å²) in [4.78, 5) is 21.8. The van der Waals surface area contributed by atoms with Crippen molar-refractivity contribution in [3.63, 3.8) is 0 Å². The Morgan fingerprint density at radius 1 is 1.38 bits per heavy atom. The number of rotatable bonds is 6. The van der Waals surface area contributed by atoms with E-state index in [1.54, 1.807) is 7.11 Å². The van der Waals surface area contributed by atoms with Crippen molar-refractivity contribution in [1.82, 2.24) is 5.32 Å². The molecule has 0 saturated heterocycles. The van der Waals surface area contributed by atoms with Gasteiger partial charge in [-0.05, 0) is 25.7 Å². The maximum absolute atomic E-state index is 11.5. The third kappa shape index (κ3) is 4.18. The number of carboxylic acids is 1. The molecule has 0 aliphatic heterocycles. The largest absolute Gasteiger partial charge is 0.481 e. The Balaban J connectivity index is 2.20. The predicted molar refractivity (Wildman–Crippen MR) is 58.1 cm³/mol. The molecule has 5 nitrogen and oxygen atoms in total. The number of hydrogen-bond donors (Lipinski definition) is 2. The van der Waals surface area contributed by atoms with Crippen LogP contribution in [0.25, 0.3) is 0 Å². The average Bonchev–Trinajstić information content (AvgIpc) is 2.64. The van der Waals surface area contributed by atoms with Crippen molar-refractivity contribution in [2.45, 2.75) is 50.7 Å². The van der Waals surface area contributed by atoms with Gasteiger partial charge in [-0.3, -0.25) is 9.59 Å². The number of carbonyl (C=O) groups excluding carboxylic acids is 1. The first-order valence-electron chi connectivity index (χ1n) is 5.67. The van der Waals surface area contributed by atoms with E-state index >= 15 is 0 Å². The molecule has 16 heavy (non-hydrogen) atoms. The van der Waals surface area contributed by atoms with Crippen molar-refractivity contribution in [1.29, 1.82) is 0 Å². The van der Waals surface area contributed by atoms with Crippen LogP contribution in [-0.2, 0) is 14.3 Å². The van der Waals surface area contributed by atoms with Crippen molar-refractivity contribution in [2.24, 2.45) is 0 Å². The minimum Gasteiger partial charge on any atom is -0.481 e. The summed E-state index contributed by atoms with van der Waals surface area (Å²) >= 11 is 0. The van der Waals surface area contributed by atoms with Gasteiger partial charge in [-0.15, -0.1) is 0 Å². The number of hydrogen-bond acceptors (Lipinski definition) is 3. The van der Waals surface area contributed by atoms with E-state index in [2.05, 4.69) is 5.32 Å². The first-order chi connectivity index (χ1) is 7.63. The molecule has 5 heteroatoms. The van der Waals surface area contributed by atoms with Gasteiger partial charge >= 0.3 is 5.97 Å². The van der Waals surface area contributed by atoms with Crippen molar-refractivity contribution in [3.8, 4) is 0 Å². The predicted octanol–water partition coefficient (Wildman–Crippen LogP) is 0.925. The molecule has 1 rings (SSSR count). The van der Waals surface area contributed by atoms with Gasteiger partial charge in [-0.25, -0.2) is 0 Å². The molecule has 1 aliphatic rings. The van der Waals surface area contributed by atoms with E-state index in [-0.39, 0.29) is 30.9 Å². The standard InChI is InChI=1S/C11H19NO4/c1-16-9-5-2-4-8(9)12-10(13)6-3-7-11(14)15/h8-9H,2-7H2,1H3,(H,12,13)(H,14,15). The van der Waals surface area contributed by atoms with Crippen LogP contribution in [0.1, 0.15) is 38.5 Å². The zero-order valence-corrected chi connectivity index (χ0v) is 9.57. The Morgan fingerprint density at radius 2 is 2.12 bits per heavy atom. The second kappa shape index (κ2) is 6.48.